The van der Waals surface area contributed by atoms with Gasteiger partial charge in [0.25, 0.3) is 0 Å². The number of hydrogen-bond acceptors (Lipinski definition) is 3. The van der Waals surface area contributed by atoms with Crippen LogP contribution in [0.5, 0.6) is 5.75 Å². The Morgan fingerprint density at radius 3 is 2.44 bits per heavy atom. The molecule has 1 aromatic carbocycles. The van der Waals surface area contributed by atoms with Crippen LogP contribution in [0.25, 0.3) is 0 Å². The van der Waals surface area contributed by atoms with E-state index in [-0.39, 0.29) is 6.54 Å². The summed E-state index contributed by atoms with van der Waals surface area (Å²) < 4.78 is 5.23. The zero-order valence-corrected chi connectivity index (χ0v) is 10.7. The number of nitrogens with one attached hydrogen (secondary N) is 1. The summed E-state index contributed by atoms with van der Waals surface area (Å²) >= 11 is 0. The second kappa shape index (κ2) is 6.05. The van der Waals surface area contributed by atoms with Crippen molar-refractivity contribution < 1.29 is 19.4 Å². The third kappa shape index (κ3) is 3.76. The van der Waals surface area contributed by atoms with Gasteiger partial charge in [-0.1, -0.05) is 6.07 Å². The van der Waals surface area contributed by atoms with Gasteiger partial charge in [-0.25, -0.2) is 0 Å². The summed E-state index contributed by atoms with van der Waals surface area (Å²) in [6, 6.07) is 3.82. The SMILES string of the molecule is COc1cc(C)c(C)cc1CNC(=O)CC(=O)O. The first-order chi connectivity index (χ1) is 8.43. The van der Waals surface area contributed by atoms with Crippen LogP contribution in [-0.2, 0) is 16.1 Å². The molecule has 0 saturated carbocycles. The highest BCUT2D eigenvalue weighted by Crippen LogP contribution is 2.22. The number of ether oxygens (including phenoxy) is 1. The molecule has 0 bridgehead atoms. The van der Waals surface area contributed by atoms with Crippen LogP contribution in [0.4, 0.5) is 0 Å². The minimum absolute atomic E-state index is 0.260. The molecule has 18 heavy (non-hydrogen) atoms. The molecule has 0 aliphatic carbocycles. The molecule has 98 valence electrons. The van der Waals surface area contributed by atoms with E-state index in [0.717, 1.165) is 16.7 Å². The standard InChI is InChI=1S/C13H17NO4/c1-8-4-10(11(18-3)5-9(8)2)7-14-12(15)6-13(16)17/h4-5H,6-7H2,1-3H3,(H,14,15)(H,16,17). The number of rotatable bonds is 5. The van der Waals surface area contributed by atoms with E-state index >= 15 is 0 Å². The number of hydrogen-bond donors (Lipinski definition) is 2. The van der Waals surface area contributed by atoms with Crippen LogP contribution in [0.2, 0.25) is 0 Å². The molecule has 5 heteroatoms. The lowest BCUT2D eigenvalue weighted by molar-refractivity contribution is -0.140. The fraction of sp³-hybridized carbons (Fsp3) is 0.385. The first-order valence-corrected chi connectivity index (χ1v) is 5.56. The van der Waals surface area contributed by atoms with E-state index in [1.54, 1.807) is 7.11 Å². The van der Waals surface area contributed by atoms with Crippen molar-refractivity contribution >= 4 is 11.9 Å². The highest BCUT2D eigenvalue weighted by Gasteiger charge is 2.10. The zero-order valence-electron chi connectivity index (χ0n) is 10.7. The Kier molecular flexibility index (Phi) is 4.71. The van der Waals surface area contributed by atoms with Gasteiger partial charge < -0.3 is 15.2 Å². The van der Waals surface area contributed by atoms with Crippen LogP contribution < -0.4 is 10.1 Å². The van der Waals surface area contributed by atoms with Crippen molar-refractivity contribution in [1.82, 2.24) is 5.32 Å². The molecule has 0 heterocycles. The first kappa shape index (κ1) is 14.0. The largest absolute Gasteiger partial charge is 0.496 e. The number of benzene rings is 1. The van der Waals surface area contributed by atoms with Crippen LogP contribution in [0.15, 0.2) is 12.1 Å². The molecule has 0 unspecified atom stereocenters. The minimum Gasteiger partial charge on any atom is -0.496 e. The van der Waals surface area contributed by atoms with Gasteiger partial charge in [0.1, 0.15) is 12.2 Å². The van der Waals surface area contributed by atoms with E-state index in [0.29, 0.717) is 5.75 Å². The van der Waals surface area contributed by atoms with Crippen molar-refractivity contribution in [1.29, 1.82) is 0 Å². The average molecular weight is 251 g/mol. The third-order valence-corrected chi connectivity index (χ3v) is 2.68. The number of methoxy groups -OCH3 is 1. The van der Waals surface area contributed by atoms with E-state index < -0.39 is 18.3 Å². The lowest BCUT2D eigenvalue weighted by atomic mass is 10.0. The molecular formula is C13H17NO4. The van der Waals surface area contributed by atoms with Crippen LogP contribution in [0.1, 0.15) is 23.1 Å². The molecule has 0 aliphatic rings. The van der Waals surface area contributed by atoms with E-state index in [4.69, 9.17) is 9.84 Å². The molecule has 0 atom stereocenters. The van der Waals surface area contributed by atoms with Crippen molar-refractivity contribution in [3.05, 3.63) is 28.8 Å². The number of amides is 1. The van der Waals surface area contributed by atoms with E-state index in [1.165, 1.54) is 0 Å². The third-order valence-electron chi connectivity index (χ3n) is 2.68. The number of carboxylic acids is 1. The highest BCUT2D eigenvalue weighted by atomic mass is 16.5. The number of carboxylic acid groups (broad SMARTS) is 1. The van der Waals surface area contributed by atoms with Crippen LogP contribution in [0, 0.1) is 13.8 Å². The minimum atomic E-state index is -1.14. The maximum atomic E-state index is 11.2. The van der Waals surface area contributed by atoms with Crippen LogP contribution >= 0.6 is 0 Å². The quantitative estimate of drug-likeness (QED) is 0.776. The fourth-order valence-corrected chi connectivity index (χ4v) is 1.57. The molecule has 5 nitrogen and oxygen atoms in total. The summed E-state index contributed by atoms with van der Waals surface area (Å²) in [5.41, 5.74) is 3.03. The van der Waals surface area contributed by atoms with Gasteiger partial charge in [-0.3, -0.25) is 9.59 Å². The second-order valence-electron chi connectivity index (χ2n) is 4.10. The maximum Gasteiger partial charge on any atom is 0.312 e. The summed E-state index contributed by atoms with van der Waals surface area (Å²) in [6.07, 6.45) is -0.521. The van der Waals surface area contributed by atoms with E-state index in [1.807, 2.05) is 26.0 Å². The van der Waals surface area contributed by atoms with Crippen LogP contribution in [-0.4, -0.2) is 24.1 Å². The van der Waals surface area contributed by atoms with E-state index in [9.17, 15) is 9.59 Å². The predicted molar refractivity (Wildman–Crippen MR) is 66.6 cm³/mol. The Hall–Kier alpha value is -2.04. The molecule has 0 aromatic heterocycles. The Morgan fingerprint density at radius 1 is 1.28 bits per heavy atom. The topological polar surface area (TPSA) is 75.6 Å². The lowest BCUT2D eigenvalue weighted by Crippen LogP contribution is -2.25. The molecule has 0 fully saturated rings. The highest BCUT2D eigenvalue weighted by molar-refractivity contribution is 5.93. The van der Waals surface area contributed by atoms with Crippen LogP contribution in [0.3, 0.4) is 0 Å². The first-order valence-electron chi connectivity index (χ1n) is 5.56. The number of aryl methyl sites for hydroxylation is 2. The van der Waals surface area contributed by atoms with Gasteiger partial charge in [0.2, 0.25) is 5.91 Å². The van der Waals surface area contributed by atoms with Crippen molar-refractivity contribution in [3.63, 3.8) is 0 Å². The molecule has 1 amide bonds. The Morgan fingerprint density at radius 2 is 1.89 bits per heavy atom. The molecule has 0 spiro atoms. The van der Waals surface area contributed by atoms with Gasteiger partial charge in [-0.2, -0.15) is 0 Å². The Bertz CT molecular complexity index is 468. The van der Waals surface area contributed by atoms with Gasteiger partial charge in [0.05, 0.1) is 7.11 Å². The van der Waals surface area contributed by atoms with E-state index in [2.05, 4.69) is 5.32 Å². The monoisotopic (exact) mass is 251 g/mol. The summed E-state index contributed by atoms with van der Waals surface area (Å²) in [7, 11) is 1.56. The molecule has 2 N–H and O–H groups in total. The average Bonchev–Trinajstić information content (AvgIpc) is 2.29. The maximum absolute atomic E-state index is 11.2. The molecule has 0 saturated heterocycles. The second-order valence-corrected chi connectivity index (χ2v) is 4.10. The summed E-state index contributed by atoms with van der Waals surface area (Å²) in [5, 5.41) is 11.0. The summed E-state index contributed by atoms with van der Waals surface area (Å²) in [5.74, 6) is -0.962. The summed E-state index contributed by atoms with van der Waals surface area (Å²) in [6.45, 7) is 4.21. The van der Waals surface area contributed by atoms with Gasteiger partial charge in [-0.15, -0.1) is 0 Å². The van der Waals surface area contributed by atoms with Crippen molar-refractivity contribution in [2.45, 2.75) is 26.8 Å². The Balaban J connectivity index is 2.75. The number of carbonyl (C=O) groups excluding carboxylic acids is 1. The molecule has 0 aliphatic heterocycles. The molecule has 1 rings (SSSR count). The number of carbonyl (C=O) groups is 2. The zero-order chi connectivity index (χ0) is 13.7. The number of aliphatic carboxylic acids is 1. The van der Waals surface area contributed by atoms with Crippen molar-refractivity contribution in [2.24, 2.45) is 0 Å². The van der Waals surface area contributed by atoms with Gasteiger partial charge >= 0.3 is 5.97 Å². The predicted octanol–water partition coefficient (Wildman–Crippen LogP) is 1.40. The summed E-state index contributed by atoms with van der Waals surface area (Å²) in [4.78, 5) is 21.6. The van der Waals surface area contributed by atoms with Gasteiger partial charge in [0.15, 0.2) is 0 Å². The molecule has 0 radical (unpaired) electrons. The van der Waals surface area contributed by atoms with Crippen molar-refractivity contribution in [2.75, 3.05) is 7.11 Å². The smallest absolute Gasteiger partial charge is 0.312 e. The van der Waals surface area contributed by atoms with Gasteiger partial charge in [0, 0.05) is 12.1 Å². The van der Waals surface area contributed by atoms with Crippen molar-refractivity contribution in [3.8, 4) is 5.75 Å². The molecular weight excluding hydrogens is 234 g/mol. The normalized spacial score (nSPS) is 9.94. The molecule has 1 aromatic rings. The van der Waals surface area contributed by atoms with Gasteiger partial charge in [-0.05, 0) is 31.0 Å². The lowest BCUT2D eigenvalue weighted by Gasteiger charge is -2.12. The fourth-order valence-electron chi connectivity index (χ4n) is 1.57. The Labute approximate surface area is 106 Å².